The first-order chi connectivity index (χ1) is 24.8. The van der Waals surface area contributed by atoms with Crippen LogP contribution in [0.1, 0.15) is 0 Å². The van der Waals surface area contributed by atoms with Gasteiger partial charge in [0, 0.05) is 62.6 Å². The second-order valence-electron chi connectivity index (χ2n) is 12.4. The smallest absolute Gasteiger partial charge is 0.165 e. The van der Waals surface area contributed by atoms with Crippen LogP contribution in [0, 0.1) is 0 Å². The average Bonchev–Trinajstić information content (AvgIpc) is 3.76. The van der Waals surface area contributed by atoms with E-state index in [1.54, 1.807) is 11.3 Å². The maximum Gasteiger partial charge on any atom is 0.165 e. The van der Waals surface area contributed by atoms with Crippen LogP contribution >= 0.6 is 22.7 Å². The lowest BCUT2D eigenvalue weighted by Crippen LogP contribution is -2.00. The number of hydrogen-bond donors (Lipinski definition) is 0. The zero-order valence-corrected chi connectivity index (χ0v) is 28.4. The lowest BCUT2D eigenvalue weighted by Gasteiger charge is -2.09. The molecule has 7 aromatic carbocycles. The standard InChI is InChI=1S/C45H27N3S2/c1-4-13-28(14-5-1)32-25-37(29-15-6-2-7-16-29)42-38(26-32)34-24-23-31(27-40(34)50-42)44-46-43(30-17-8-3-9-18-30)47-45(48-44)36-21-12-20-35-33-19-10-11-22-39(33)49-41(35)36/h1-27H. The van der Waals surface area contributed by atoms with E-state index in [4.69, 9.17) is 15.0 Å². The van der Waals surface area contributed by atoms with Crippen molar-refractivity contribution < 1.29 is 0 Å². The minimum absolute atomic E-state index is 0.666. The van der Waals surface area contributed by atoms with Crippen LogP contribution < -0.4 is 0 Å². The van der Waals surface area contributed by atoms with Crippen LogP contribution in [-0.2, 0) is 0 Å². The van der Waals surface area contributed by atoms with E-state index in [0.29, 0.717) is 17.5 Å². The largest absolute Gasteiger partial charge is 0.208 e. The monoisotopic (exact) mass is 673 g/mol. The van der Waals surface area contributed by atoms with E-state index < -0.39 is 0 Å². The number of fused-ring (bicyclic) bond motifs is 6. The highest BCUT2D eigenvalue weighted by Gasteiger charge is 2.18. The molecule has 0 saturated carbocycles. The van der Waals surface area contributed by atoms with E-state index in [9.17, 15) is 0 Å². The minimum atomic E-state index is 0.666. The fourth-order valence-electron chi connectivity index (χ4n) is 6.91. The van der Waals surface area contributed by atoms with Crippen molar-refractivity contribution in [1.82, 2.24) is 15.0 Å². The lowest BCUT2D eigenvalue weighted by atomic mass is 9.96. The molecule has 10 rings (SSSR count). The van der Waals surface area contributed by atoms with Gasteiger partial charge < -0.3 is 0 Å². The zero-order valence-electron chi connectivity index (χ0n) is 26.7. The summed E-state index contributed by atoms with van der Waals surface area (Å²) in [6.45, 7) is 0. The van der Waals surface area contributed by atoms with Gasteiger partial charge in [0.2, 0.25) is 0 Å². The molecule has 0 amide bonds. The fraction of sp³-hybridized carbons (Fsp3) is 0. The number of aromatic nitrogens is 3. The summed E-state index contributed by atoms with van der Waals surface area (Å²) in [5.41, 5.74) is 7.84. The number of hydrogen-bond acceptors (Lipinski definition) is 5. The summed E-state index contributed by atoms with van der Waals surface area (Å²) in [5, 5.41) is 4.97. The highest BCUT2D eigenvalue weighted by Crippen LogP contribution is 2.44. The van der Waals surface area contributed by atoms with Gasteiger partial charge in [-0.05, 0) is 47.0 Å². The Morgan fingerprint density at radius 2 is 0.880 bits per heavy atom. The molecular weight excluding hydrogens is 647 g/mol. The highest BCUT2D eigenvalue weighted by atomic mass is 32.1. The minimum Gasteiger partial charge on any atom is -0.208 e. The van der Waals surface area contributed by atoms with Gasteiger partial charge in [-0.15, -0.1) is 22.7 Å². The Morgan fingerprint density at radius 3 is 1.66 bits per heavy atom. The fourth-order valence-corrected chi connectivity index (χ4v) is 9.38. The topological polar surface area (TPSA) is 38.7 Å². The van der Waals surface area contributed by atoms with Crippen molar-refractivity contribution in [3.05, 3.63) is 164 Å². The summed E-state index contributed by atoms with van der Waals surface area (Å²) in [6, 6.07) is 57.9. The van der Waals surface area contributed by atoms with Crippen LogP contribution in [0.2, 0.25) is 0 Å². The van der Waals surface area contributed by atoms with Gasteiger partial charge in [-0.3, -0.25) is 0 Å². The van der Waals surface area contributed by atoms with Crippen molar-refractivity contribution in [3.63, 3.8) is 0 Å². The van der Waals surface area contributed by atoms with Crippen molar-refractivity contribution in [2.24, 2.45) is 0 Å². The molecule has 0 aliphatic rings. The van der Waals surface area contributed by atoms with Gasteiger partial charge >= 0.3 is 0 Å². The van der Waals surface area contributed by atoms with Gasteiger partial charge in [-0.25, -0.2) is 15.0 Å². The predicted octanol–water partition coefficient (Wildman–Crippen LogP) is 12.9. The summed E-state index contributed by atoms with van der Waals surface area (Å²) < 4.78 is 4.93. The second-order valence-corrected chi connectivity index (χ2v) is 14.5. The van der Waals surface area contributed by atoms with Crippen molar-refractivity contribution in [2.75, 3.05) is 0 Å². The van der Waals surface area contributed by atoms with Crippen LogP contribution in [0.5, 0.6) is 0 Å². The third-order valence-electron chi connectivity index (χ3n) is 9.34. The molecule has 0 radical (unpaired) electrons. The summed E-state index contributed by atoms with van der Waals surface area (Å²) in [6.07, 6.45) is 0. The molecule has 234 valence electrons. The second kappa shape index (κ2) is 11.8. The summed E-state index contributed by atoms with van der Waals surface area (Å²) in [4.78, 5) is 15.4. The number of benzene rings is 7. The molecule has 0 atom stereocenters. The highest BCUT2D eigenvalue weighted by molar-refractivity contribution is 7.26. The Labute approximate surface area is 296 Å². The number of rotatable bonds is 5. The zero-order chi connectivity index (χ0) is 33.0. The number of nitrogens with zero attached hydrogens (tertiary/aromatic N) is 3. The van der Waals surface area contributed by atoms with Crippen LogP contribution in [0.25, 0.3) is 96.8 Å². The van der Waals surface area contributed by atoms with Crippen LogP contribution in [0.4, 0.5) is 0 Å². The lowest BCUT2D eigenvalue weighted by molar-refractivity contribution is 1.08. The molecule has 0 aliphatic heterocycles. The quantitative estimate of drug-likeness (QED) is 0.182. The van der Waals surface area contributed by atoms with E-state index in [1.165, 1.54) is 62.6 Å². The van der Waals surface area contributed by atoms with Crippen LogP contribution in [0.15, 0.2) is 164 Å². The Morgan fingerprint density at radius 1 is 0.300 bits per heavy atom. The maximum atomic E-state index is 5.19. The van der Waals surface area contributed by atoms with Crippen LogP contribution in [0.3, 0.4) is 0 Å². The molecule has 3 heterocycles. The Balaban J connectivity index is 1.18. The molecule has 10 aromatic rings. The Bertz CT molecular complexity index is 2860. The molecule has 0 aliphatic carbocycles. The van der Waals surface area contributed by atoms with Gasteiger partial charge in [-0.1, -0.05) is 133 Å². The third kappa shape index (κ3) is 4.90. The predicted molar refractivity (Wildman–Crippen MR) is 213 cm³/mol. The first-order valence-electron chi connectivity index (χ1n) is 16.6. The van der Waals surface area contributed by atoms with Gasteiger partial charge in [-0.2, -0.15) is 0 Å². The molecule has 0 fully saturated rings. The first kappa shape index (κ1) is 29.0. The molecule has 0 saturated heterocycles. The molecule has 0 unspecified atom stereocenters. The molecular formula is C45H27N3S2. The van der Waals surface area contributed by atoms with E-state index >= 15 is 0 Å². The third-order valence-corrected chi connectivity index (χ3v) is 11.8. The maximum absolute atomic E-state index is 5.19. The van der Waals surface area contributed by atoms with Crippen molar-refractivity contribution in [3.8, 4) is 56.4 Å². The summed E-state index contributed by atoms with van der Waals surface area (Å²) in [7, 11) is 0. The molecule has 3 nitrogen and oxygen atoms in total. The number of thiophene rings is 2. The van der Waals surface area contributed by atoms with E-state index in [2.05, 4.69) is 146 Å². The Kier molecular flexibility index (Phi) is 6.86. The van der Waals surface area contributed by atoms with Gasteiger partial charge in [0.1, 0.15) is 0 Å². The van der Waals surface area contributed by atoms with Gasteiger partial charge in [0.15, 0.2) is 17.5 Å². The molecule has 0 spiro atoms. The van der Waals surface area contributed by atoms with Crippen LogP contribution in [-0.4, -0.2) is 15.0 Å². The molecule has 0 bridgehead atoms. The molecule has 0 N–H and O–H groups in total. The average molecular weight is 674 g/mol. The first-order valence-corrected chi connectivity index (χ1v) is 18.2. The molecule has 3 aromatic heterocycles. The van der Waals surface area contributed by atoms with Crippen molar-refractivity contribution >= 4 is 63.0 Å². The molecule has 50 heavy (non-hydrogen) atoms. The normalized spacial score (nSPS) is 11.6. The summed E-state index contributed by atoms with van der Waals surface area (Å²) in [5.74, 6) is 2.01. The van der Waals surface area contributed by atoms with E-state index in [-0.39, 0.29) is 0 Å². The van der Waals surface area contributed by atoms with E-state index in [0.717, 1.165) is 16.7 Å². The van der Waals surface area contributed by atoms with Crippen molar-refractivity contribution in [2.45, 2.75) is 0 Å². The molecule has 5 heteroatoms. The van der Waals surface area contributed by atoms with E-state index in [1.807, 2.05) is 29.5 Å². The SMILES string of the molecule is c1ccc(-c2cc(-c3ccccc3)c3sc4cc(-c5nc(-c6ccccc6)nc(-c6cccc7c6sc6ccccc67)n5)ccc4c3c2)cc1. The summed E-state index contributed by atoms with van der Waals surface area (Å²) >= 11 is 3.62. The Hall–Kier alpha value is -6.01. The van der Waals surface area contributed by atoms with Crippen molar-refractivity contribution in [1.29, 1.82) is 0 Å². The van der Waals surface area contributed by atoms with Gasteiger partial charge in [0.05, 0.1) is 0 Å². The van der Waals surface area contributed by atoms with Gasteiger partial charge in [0.25, 0.3) is 0 Å².